The summed E-state index contributed by atoms with van der Waals surface area (Å²) < 4.78 is 0.491. The van der Waals surface area contributed by atoms with Gasteiger partial charge >= 0.3 is 0 Å². The monoisotopic (exact) mass is 314 g/mol. The van der Waals surface area contributed by atoms with E-state index >= 15 is 0 Å². The number of anilines is 1. The molecule has 0 heterocycles. The van der Waals surface area contributed by atoms with Crippen molar-refractivity contribution in [3.05, 3.63) is 70.3 Å². The quantitative estimate of drug-likeness (QED) is 0.506. The largest absolute Gasteiger partial charge is 0.321 e. The van der Waals surface area contributed by atoms with Crippen LogP contribution in [0.5, 0.6) is 0 Å². The molecule has 2 aromatic carbocycles. The van der Waals surface area contributed by atoms with E-state index in [1.54, 1.807) is 12.1 Å². The first-order valence-electron chi connectivity index (χ1n) is 7.26. The van der Waals surface area contributed by atoms with E-state index in [0.29, 0.717) is 10.2 Å². The zero-order valence-electron chi connectivity index (χ0n) is 13.2. The number of nitro groups is 1. The number of carbonyl (C=O) groups is 1. The minimum atomic E-state index is -0.481. The number of amides is 1. The lowest BCUT2D eigenvalue weighted by atomic mass is 10.2. The van der Waals surface area contributed by atoms with Gasteiger partial charge in [-0.1, -0.05) is 36.4 Å². The molecule has 23 heavy (non-hydrogen) atoms. The molecule has 0 atom stereocenters. The van der Waals surface area contributed by atoms with Gasteiger partial charge in [0.25, 0.3) is 11.6 Å². The molecule has 2 rings (SSSR count). The van der Waals surface area contributed by atoms with Crippen molar-refractivity contribution < 1.29 is 14.2 Å². The van der Waals surface area contributed by atoms with Gasteiger partial charge in [-0.15, -0.1) is 0 Å². The number of nitrogens with zero attached hydrogens (tertiary/aromatic N) is 2. The smallest absolute Gasteiger partial charge is 0.279 e. The highest BCUT2D eigenvalue weighted by Crippen LogP contribution is 2.17. The molecule has 0 fully saturated rings. The maximum absolute atomic E-state index is 12.2. The Kier molecular flexibility index (Phi) is 5.08. The summed E-state index contributed by atoms with van der Waals surface area (Å²) in [5, 5.41) is 13.5. The first kappa shape index (κ1) is 16.6. The van der Waals surface area contributed by atoms with Gasteiger partial charge < -0.3 is 9.80 Å². The maximum Gasteiger partial charge on any atom is 0.279 e. The first-order valence-corrected chi connectivity index (χ1v) is 7.26. The van der Waals surface area contributed by atoms with Crippen molar-refractivity contribution in [3.8, 4) is 0 Å². The van der Waals surface area contributed by atoms with Crippen molar-refractivity contribution >= 4 is 17.3 Å². The van der Waals surface area contributed by atoms with E-state index < -0.39 is 4.92 Å². The van der Waals surface area contributed by atoms with Crippen LogP contribution in [0.4, 0.5) is 11.4 Å². The number of non-ortho nitro benzene ring substituents is 1. The molecule has 0 aliphatic carbocycles. The topological polar surface area (TPSA) is 72.2 Å². The Labute approximate surface area is 135 Å². The minimum Gasteiger partial charge on any atom is -0.321 e. The molecular weight excluding hydrogens is 294 g/mol. The lowest BCUT2D eigenvalue weighted by Gasteiger charge is -2.29. The minimum absolute atomic E-state index is 0.0409. The standard InChI is InChI=1S/C17H19N3O3/c1-20(2,12-14-7-4-3-5-8-14)13-17(21)18-15-9-6-10-16(11-15)19(22)23/h3-11H,12-13H2,1-2H3/p+1. The number of hydrogen-bond acceptors (Lipinski definition) is 3. The zero-order chi connectivity index (χ0) is 16.9. The van der Waals surface area contributed by atoms with Gasteiger partial charge in [-0.2, -0.15) is 0 Å². The number of benzene rings is 2. The highest BCUT2D eigenvalue weighted by molar-refractivity contribution is 5.91. The fourth-order valence-electron chi connectivity index (χ4n) is 2.42. The van der Waals surface area contributed by atoms with Gasteiger partial charge in [0.05, 0.1) is 19.0 Å². The van der Waals surface area contributed by atoms with Crippen LogP contribution < -0.4 is 5.32 Å². The third-order valence-corrected chi connectivity index (χ3v) is 3.37. The Balaban J connectivity index is 1.98. The average Bonchev–Trinajstić information content (AvgIpc) is 2.47. The van der Waals surface area contributed by atoms with Crippen LogP contribution in [0, 0.1) is 10.1 Å². The Morgan fingerprint density at radius 2 is 1.83 bits per heavy atom. The van der Waals surface area contributed by atoms with Crippen LogP contribution in [-0.4, -0.2) is 36.0 Å². The van der Waals surface area contributed by atoms with Crippen molar-refractivity contribution in [2.75, 3.05) is 26.0 Å². The Hall–Kier alpha value is -2.73. The number of likely N-dealkylation sites (N-methyl/N-ethyl adjacent to an activating group) is 1. The number of nitrogens with one attached hydrogen (secondary N) is 1. The first-order chi connectivity index (χ1) is 10.9. The third kappa shape index (κ3) is 5.19. The van der Waals surface area contributed by atoms with E-state index in [1.807, 2.05) is 44.4 Å². The van der Waals surface area contributed by atoms with E-state index in [1.165, 1.54) is 12.1 Å². The van der Waals surface area contributed by atoms with Gasteiger partial charge in [0, 0.05) is 23.4 Å². The molecule has 0 aliphatic rings. The molecule has 2 aromatic rings. The second kappa shape index (κ2) is 7.02. The van der Waals surface area contributed by atoms with Gasteiger partial charge in [0.15, 0.2) is 6.54 Å². The average molecular weight is 314 g/mol. The van der Waals surface area contributed by atoms with E-state index in [0.717, 1.165) is 12.1 Å². The molecule has 1 amide bonds. The van der Waals surface area contributed by atoms with Gasteiger partial charge in [-0.3, -0.25) is 14.9 Å². The lowest BCUT2D eigenvalue weighted by molar-refractivity contribution is -0.895. The van der Waals surface area contributed by atoms with E-state index in [4.69, 9.17) is 0 Å². The summed E-state index contributed by atoms with van der Waals surface area (Å²) in [6, 6.07) is 15.9. The molecule has 0 aromatic heterocycles. The lowest BCUT2D eigenvalue weighted by Crippen LogP contribution is -2.44. The maximum atomic E-state index is 12.2. The number of rotatable bonds is 6. The van der Waals surface area contributed by atoms with Crippen molar-refractivity contribution in [1.82, 2.24) is 0 Å². The number of hydrogen-bond donors (Lipinski definition) is 1. The van der Waals surface area contributed by atoms with Gasteiger partial charge in [-0.05, 0) is 6.07 Å². The van der Waals surface area contributed by atoms with Crippen molar-refractivity contribution in [2.45, 2.75) is 6.54 Å². The van der Waals surface area contributed by atoms with Crippen LogP contribution in [0.25, 0.3) is 0 Å². The molecule has 0 saturated carbocycles. The molecule has 0 radical (unpaired) electrons. The van der Waals surface area contributed by atoms with Crippen molar-refractivity contribution in [2.24, 2.45) is 0 Å². The molecule has 0 aliphatic heterocycles. The Morgan fingerprint density at radius 1 is 1.13 bits per heavy atom. The third-order valence-electron chi connectivity index (χ3n) is 3.37. The second-order valence-electron chi connectivity index (χ2n) is 6.09. The molecule has 1 N–H and O–H groups in total. The number of quaternary nitrogens is 1. The van der Waals surface area contributed by atoms with Crippen LogP contribution in [0.1, 0.15) is 5.56 Å². The van der Waals surface area contributed by atoms with Crippen molar-refractivity contribution in [3.63, 3.8) is 0 Å². The summed E-state index contributed by atoms with van der Waals surface area (Å²) in [6.07, 6.45) is 0. The summed E-state index contributed by atoms with van der Waals surface area (Å²) >= 11 is 0. The molecule has 0 bridgehead atoms. The predicted molar refractivity (Wildman–Crippen MR) is 88.8 cm³/mol. The number of nitro benzene ring substituents is 1. The molecule has 0 unspecified atom stereocenters. The van der Waals surface area contributed by atoms with Crippen LogP contribution in [0.2, 0.25) is 0 Å². The molecule has 0 saturated heterocycles. The SMILES string of the molecule is C[N+](C)(CC(=O)Nc1cccc([N+](=O)[O-])c1)Cc1ccccc1. The highest BCUT2D eigenvalue weighted by Gasteiger charge is 2.21. The van der Waals surface area contributed by atoms with E-state index in [2.05, 4.69) is 5.32 Å². The molecule has 6 nitrogen and oxygen atoms in total. The van der Waals surface area contributed by atoms with Gasteiger partial charge in [0.1, 0.15) is 6.54 Å². The van der Waals surface area contributed by atoms with Gasteiger partial charge in [0.2, 0.25) is 0 Å². The summed E-state index contributed by atoms with van der Waals surface area (Å²) in [4.78, 5) is 22.5. The summed E-state index contributed by atoms with van der Waals surface area (Å²) in [7, 11) is 3.94. The zero-order valence-corrected chi connectivity index (χ0v) is 13.2. The fraction of sp³-hybridized carbons (Fsp3) is 0.235. The van der Waals surface area contributed by atoms with Gasteiger partial charge in [-0.25, -0.2) is 0 Å². The van der Waals surface area contributed by atoms with Crippen LogP contribution in [-0.2, 0) is 11.3 Å². The molecule has 120 valence electrons. The Morgan fingerprint density at radius 3 is 2.48 bits per heavy atom. The summed E-state index contributed by atoms with van der Waals surface area (Å²) in [5.74, 6) is -0.175. The normalized spacial score (nSPS) is 11.0. The van der Waals surface area contributed by atoms with Crippen molar-refractivity contribution in [1.29, 1.82) is 0 Å². The molecule has 6 heteroatoms. The summed E-state index contributed by atoms with van der Waals surface area (Å²) in [5.41, 5.74) is 1.55. The van der Waals surface area contributed by atoms with Crippen LogP contribution in [0.3, 0.4) is 0 Å². The van der Waals surface area contributed by atoms with E-state index in [-0.39, 0.29) is 18.1 Å². The predicted octanol–water partition coefficient (Wildman–Crippen LogP) is 2.81. The van der Waals surface area contributed by atoms with Crippen LogP contribution >= 0.6 is 0 Å². The summed E-state index contributed by atoms with van der Waals surface area (Å²) in [6.45, 7) is 1.00. The molecular formula is C17H20N3O3+. The van der Waals surface area contributed by atoms with Crippen LogP contribution in [0.15, 0.2) is 54.6 Å². The molecule has 0 spiro atoms. The van der Waals surface area contributed by atoms with E-state index in [9.17, 15) is 14.9 Å². The Bertz CT molecular complexity index is 699. The second-order valence-corrected chi connectivity index (χ2v) is 6.09. The number of carbonyl (C=O) groups excluding carboxylic acids is 1. The fourth-order valence-corrected chi connectivity index (χ4v) is 2.42. The highest BCUT2D eigenvalue weighted by atomic mass is 16.6.